The van der Waals surface area contributed by atoms with Crippen LogP contribution in [0.3, 0.4) is 0 Å². The molecule has 1 aromatic carbocycles. The Bertz CT molecular complexity index is 647. The van der Waals surface area contributed by atoms with E-state index < -0.39 is 6.04 Å². The molecule has 1 heterocycles. The summed E-state index contributed by atoms with van der Waals surface area (Å²) in [6, 6.07) is 6.97. The molecule has 25 heavy (non-hydrogen) atoms. The van der Waals surface area contributed by atoms with E-state index in [0.717, 1.165) is 11.3 Å². The van der Waals surface area contributed by atoms with Crippen molar-refractivity contribution < 1.29 is 19.1 Å². The molecule has 3 amide bonds. The van der Waals surface area contributed by atoms with Gasteiger partial charge in [0.15, 0.2) is 0 Å². The molecule has 7 heteroatoms. The Morgan fingerprint density at radius 1 is 1.24 bits per heavy atom. The Morgan fingerprint density at radius 2 is 1.96 bits per heavy atom. The number of amides is 3. The fourth-order valence-corrected chi connectivity index (χ4v) is 3.09. The summed E-state index contributed by atoms with van der Waals surface area (Å²) in [5.41, 5.74) is 0.976. The number of likely N-dealkylation sites (N-methyl/N-ethyl adjacent to an activating group) is 1. The Labute approximate surface area is 147 Å². The number of aryl methyl sites for hydroxylation is 1. The van der Waals surface area contributed by atoms with E-state index in [1.54, 1.807) is 12.0 Å². The lowest BCUT2D eigenvalue weighted by molar-refractivity contribution is -0.147. The molecule has 0 bridgehead atoms. The molecule has 1 atom stereocenters. The first-order valence-electron chi connectivity index (χ1n) is 8.36. The molecule has 0 aromatic heterocycles. The number of piperazine rings is 1. The van der Waals surface area contributed by atoms with Crippen LogP contribution in [0.25, 0.3) is 0 Å². The van der Waals surface area contributed by atoms with Crippen LogP contribution in [0, 0.1) is 0 Å². The summed E-state index contributed by atoms with van der Waals surface area (Å²) in [5, 5.41) is 2.56. The van der Waals surface area contributed by atoms with Crippen LogP contribution in [0.5, 0.6) is 5.75 Å². The number of hydrogen-bond acceptors (Lipinski definition) is 4. The molecule has 1 aromatic rings. The second-order valence-electron chi connectivity index (χ2n) is 5.99. The maximum Gasteiger partial charge on any atom is 0.244 e. The van der Waals surface area contributed by atoms with E-state index in [2.05, 4.69) is 5.32 Å². The zero-order valence-electron chi connectivity index (χ0n) is 14.9. The Balaban J connectivity index is 2.00. The number of hydrogen-bond donors (Lipinski definition) is 1. The van der Waals surface area contributed by atoms with Gasteiger partial charge in [0.05, 0.1) is 13.7 Å². The highest BCUT2D eigenvalue weighted by molar-refractivity contribution is 5.88. The molecule has 1 aliphatic rings. The van der Waals surface area contributed by atoms with E-state index >= 15 is 0 Å². The van der Waals surface area contributed by atoms with E-state index in [4.69, 9.17) is 4.74 Å². The van der Waals surface area contributed by atoms with Gasteiger partial charge >= 0.3 is 0 Å². The third kappa shape index (κ3) is 4.49. The number of para-hydroxylation sites is 1. The topological polar surface area (TPSA) is 79.0 Å². The van der Waals surface area contributed by atoms with Crippen LogP contribution >= 0.6 is 0 Å². The quantitative estimate of drug-likeness (QED) is 0.838. The van der Waals surface area contributed by atoms with Gasteiger partial charge in [0.25, 0.3) is 0 Å². The predicted molar refractivity (Wildman–Crippen MR) is 93.1 cm³/mol. The van der Waals surface area contributed by atoms with Gasteiger partial charge in [-0.15, -0.1) is 0 Å². The molecule has 1 saturated heterocycles. The van der Waals surface area contributed by atoms with Crippen molar-refractivity contribution in [3.05, 3.63) is 29.8 Å². The molecule has 1 fully saturated rings. The predicted octanol–water partition coefficient (Wildman–Crippen LogP) is 0.433. The van der Waals surface area contributed by atoms with E-state index in [1.165, 1.54) is 18.9 Å². The van der Waals surface area contributed by atoms with Gasteiger partial charge in [0.1, 0.15) is 11.8 Å². The Kier molecular flexibility index (Phi) is 6.38. The summed E-state index contributed by atoms with van der Waals surface area (Å²) in [5.74, 6) is 0.329. The van der Waals surface area contributed by atoms with Crippen LogP contribution in [0.1, 0.15) is 18.9 Å². The smallest absolute Gasteiger partial charge is 0.244 e. The van der Waals surface area contributed by atoms with Gasteiger partial charge in [-0.25, -0.2) is 0 Å². The number of carbonyl (C=O) groups is 3. The van der Waals surface area contributed by atoms with Gasteiger partial charge in [-0.05, 0) is 18.1 Å². The highest BCUT2D eigenvalue weighted by atomic mass is 16.5. The highest BCUT2D eigenvalue weighted by Gasteiger charge is 2.34. The zero-order chi connectivity index (χ0) is 18.4. The molecule has 136 valence electrons. The number of nitrogens with zero attached hydrogens (tertiary/aromatic N) is 2. The Morgan fingerprint density at radius 3 is 2.60 bits per heavy atom. The fourth-order valence-electron chi connectivity index (χ4n) is 3.09. The van der Waals surface area contributed by atoms with Crippen molar-refractivity contribution in [2.24, 2.45) is 0 Å². The first-order chi connectivity index (χ1) is 12.0. The summed E-state index contributed by atoms with van der Waals surface area (Å²) >= 11 is 0. The minimum Gasteiger partial charge on any atom is -0.496 e. The van der Waals surface area contributed by atoms with Gasteiger partial charge in [-0.1, -0.05) is 18.2 Å². The van der Waals surface area contributed by atoms with Crippen LogP contribution < -0.4 is 10.1 Å². The van der Waals surface area contributed by atoms with Crippen molar-refractivity contribution in [3.8, 4) is 5.75 Å². The number of methoxy groups -OCH3 is 1. The number of carbonyl (C=O) groups excluding carboxylic acids is 3. The fraction of sp³-hybridized carbons (Fsp3) is 0.500. The largest absolute Gasteiger partial charge is 0.496 e. The molecule has 7 nitrogen and oxygen atoms in total. The SMILES string of the molecule is CNC(=O)[C@@H]1CN(C(=O)CCc2ccccc2OC)CCN1C(C)=O. The van der Waals surface area contributed by atoms with Gasteiger partial charge in [0, 0.05) is 33.5 Å². The van der Waals surface area contributed by atoms with E-state index in [9.17, 15) is 14.4 Å². The van der Waals surface area contributed by atoms with Crippen molar-refractivity contribution in [1.82, 2.24) is 15.1 Å². The lowest BCUT2D eigenvalue weighted by Crippen LogP contribution is -2.60. The van der Waals surface area contributed by atoms with E-state index in [1.807, 2.05) is 24.3 Å². The highest BCUT2D eigenvalue weighted by Crippen LogP contribution is 2.20. The van der Waals surface area contributed by atoms with Crippen molar-refractivity contribution in [3.63, 3.8) is 0 Å². The van der Waals surface area contributed by atoms with Gasteiger partial charge in [-0.3, -0.25) is 14.4 Å². The number of benzene rings is 1. The molecule has 0 spiro atoms. The molecule has 1 aliphatic heterocycles. The average Bonchev–Trinajstić information content (AvgIpc) is 2.64. The summed E-state index contributed by atoms with van der Waals surface area (Å²) in [6.07, 6.45) is 0.904. The number of ether oxygens (including phenoxy) is 1. The summed E-state index contributed by atoms with van der Waals surface area (Å²) in [7, 11) is 3.14. The lowest BCUT2D eigenvalue weighted by atomic mass is 10.1. The second-order valence-corrected chi connectivity index (χ2v) is 5.99. The van der Waals surface area contributed by atoms with Crippen molar-refractivity contribution in [1.29, 1.82) is 0 Å². The van der Waals surface area contributed by atoms with Gasteiger partial charge in [-0.2, -0.15) is 0 Å². The second kappa shape index (κ2) is 8.50. The normalized spacial score (nSPS) is 17.2. The standard InChI is InChI=1S/C18H25N3O4/c1-13(22)21-11-10-20(12-15(21)18(24)19-2)17(23)9-8-14-6-4-5-7-16(14)25-3/h4-7,15H,8-12H2,1-3H3,(H,19,24)/t15-/m0/s1. The summed E-state index contributed by atoms with van der Waals surface area (Å²) in [4.78, 5) is 39.5. The molecule has 0 unspecified atom stereocenters. The van der Waals surface area contributed by atoms with Crippen molar-refractivity contribution in [2.75, 3.05) is 33.8 Å². The first-order valence-corrected chi connectivity index (χ1v) is 8.36. The van der Waals surface area contributed by atoms with Gasteiger partial charge < -0.3 is 19.9 Å². The molecule has 0 saturated carbocycles. The van der Waals surface area contributed by atoms with E-state index in [-0.39, 0.29) is 24.3 Å². The number of rotatable bonds is 5. The van der Waals surface area contributed by atoms with E-state index in [0.29, 0.717) is 25.9 Å². The van der Waals surface area contributed by atoms with Gasteiger partial charge in [0.2, 0.25) is 17.7 Å². The third-order valence-electron chi connectivity index (χ3n) is 4.49. The van der Waals surface area contributed by atoms with Crippen molar-refractivity contribution >= 4 is 17.7 Å². The summed E-state index contributed by atoms with van der Waals surface area (Å²) < 4.78 is 5.30. The Hall–Kier alpha value is -2.57. The van der Waals surface area contributed by atoms with Crippen LogP contribution in [-0.2, 0) is 20.8 Å². The molecule has 2 rings (SSSR count). The molecule has 0 aliphatic carbocycles. The van der Waals surface area contributed by atoms with Crippen molar-refractivity contribution in [2.45, 2.75) is 25.8 Å². The first kappa shape index (κ1) is 18.8. The maximum absolute atomic E-state index is 12.6. The van der Waals surface area contributed by atoms with Crippen LogP contribution in [-0.4, -0.2) is 67.4 Å². The molecular weight excluding hydrogens is 322 g/mol. The molecule has 0 radical (unpaired) electrons. The maximum atomic E-state index is 12.6. The minimum atomic E-state index is -0.633. The lowest BCUT2D eigenvalue weighted by Gasteiger charge is -2.40. The van der Waals surface area contributed by atoms with Crippen LogP contribution in [0.2, 0.25) is 0 Å². The molecule has 1 N–H and O–H groups in total. The molecular formula is C18H25N3O4. The zero-order valence-corrected chi connectivity index (χ0v) is 14.9. The third-order valence-corrected chi connectivity index (χ3v) is 4.49. The number of nitrogens with one attached hydrogen (secondary N) is 1. The summed E-state index contributed by atoms with van der Waals surface area (Å²) in [6.45, 7) is 2.48. The van der Waals surface area contributed by atoms with Crippen LogP contribution in [0.4, 0.5) is 0 Å². The minimum absolute atomic E-state index is 0.0250. The van der Waals surface area contributed by atoms with Crippen LogP contribution in [0.15, 0.2) is 24.3 Å². The average molecular weight is 347 g/mol. The monoisotopic (exact) mass is 347 g/mol.